The monoisotopic (exact) mass is 193 g/mol. The predicted molar refractivity (Wildman–Crippen MR) is 60.8 cm³/mol. The zero-order valence-electron chi connectivity index (χ0n) is 9.25. The van der Waals surface area contributed by atoms with Gasteiger partial charge in [0.05, 0.1) is 0 Å². The summed E-state index contributed by atoms with van der Waals surface area (Å²) in [5.41, 5.74) is 1.24. The number of anilines is 1. The first-order valence-electron chi connectivity index (χ1n) is 5.03. The summed E-state index contributed by atoms with van der Waals surface area (Å²) >= 11 is 0. The van der Waals surface area contributed by atoms with E-state index in [0.29, 0.717) is 0 Å². The van der Waals surface area contributed by atoms with Gasteiger partial charge in [-0.2, -0.15) is 0 Å². The van der Waals surface area contributed by atoms with E-state index in [4.69, 9.17) is 0 Å². The van der Waals surface area contributed by atoms with E-state index >= 15 is 0 Å². The van der Waals surface area contributed by atoms with Crippen LogP contribution in [0.2, 0.25) is 0 Å². The molecule has 0 atom stereocenters. The molecule has 1 rings (SSSR count). The van der Waals surface area contributed by atoms with Crippen LogP contribution >= 0.6 is 0 Å². The average molecular weight is 193 g/mol. The van der Waals surface area contributed by atoms with Crippen molar-refractivity contribution in [3.8, 4) is 0 Å². The molecule has 0 saturated heterocycles. The summed E-state index contributed by atoms with van der Waals surface area (Å²) in [5, 5.41) is 3.14. The lowest BCUT2D eigenvalue weighted by Crippen LogP contribution is -2.23. The van der Waals surface area contributed by atoms with Gasteiger partial charge in [0, 0.05) is 19.8 Å². The van der Waals surface area contributed by atoms with Crippen LogP contribution in [0.15, 0.2) is 18.3 Å². The average Bonchev–Trinajstić information content (AvgIpc) is 2.18. The van der Waals surface area contributed by atoms with Gasteiger partial charge in [0.1, 0.15) is 5.82 Å². The van der Waals surface area contributed by atoms with Crippen molar-refractivity contribution < 1.29 is 0 Å². The Kier molecular flexibility index (Phi) is 4.40. The Hall–Kier alpha value is -1.09. The Labute approximate surface area is 86.2 Å². The first-order chi connectivity index (χ1) is 6.75. The number of pyridine rings is 1. The van der Waals surface area contributed by atoms with Crippen LogP contribution < -0.4 is 10.2 Å². The van der Waals surface area contributed by atoms with E-state index in [1.54, 1.807) is 0 Å². The second-order valence-corrected chi connectivity index (χ2v) is 3.52. The van der Waals surface area contributed by atoms with Crippen LogP contribution in [0.3, 0.4) is 0 Å². The molecule has 1 aromatic rings. The molecule has 0 spiro atoms. The molecular weight excluding hydrogens is 174 g/mol. The molecule has 0 saturated carbocycles. The summed E-state index contributed by atoms with van der Waals surface area (Å²) in [7, 11) is 4.07. The topological polar surface area (TPSA) is 28.2 Å². The first kappa shape index (κ1) is 11.0. The third-order valence-electron chi connectivity index (χ3n) is 2.26. The fourth-order valence-corrected chi connectivity index (χ4v) is 1.48. The van der Waals surface area contributed by atoms with E-state index in [1.165, 1.54) is 5.56 Å². The number of hydrogen-bond donors (Lipinski definition) is 1. The third-order valence-corrected chi connectivity index (χ3v) is 2.26. The van der Waals surface area contributed by atoms with Gasteiger partial charge in [-0.3, -0.25) is 0 Å². The van der Waals surface area contributed by atoms with E-state index in [1.807, 2.05) is 19.3 Å². The maximum Gasteiger partial charge on any atom is 0.131 e. The van der Waals surface area contributed by atoms with Gasteiger partial charge in [-0.25, -0.2) is 4.98 Å². The highest BCUT2D eigenvalue weighted by atomic mass is 15.2. The Morgan fingerprint density at radius 2 is 2.29 bits per heavy atom. The van der Waals surface area contributed by atoms with E-state index in [0.717, 1.165) is 25.3 Å². The zero-order chi connectivity index (χ0) is 10.4. The van der Waals surface area contributed by atoms with Crippen LogP contribution in [0.25, 0.3) is 0 Å². The molecule has 0 fully saturated rings. The van der Waals surface area contributed by atoms with Crippen molar-refractivity contribution >= 4 is 5.82 Å². The smallest absolute Gasteiger partial charge is 0.131 e. The third kappa shape index (κ3) is 3.00. The largest absolute Gasteiger partial charge is 0.359 e. The van der Waals surface area contributed by atoms with E-state index in [-0.39, 0.29) is 0 Å². The number of rotatable bonds is 5. The second-order valence-electron chi connectivity index (χ2n) is 3.52. The number of aromatic nitrogens is 1. The SMILES string of the molecule is CNCCCN(C)c1ncccc1C. The van der Waals surface area contributed by atoms with Gasteiger partial charge in [-0.1, -0.05) is 6.07 Å². The molecule has 0 amide bonds. The normalized spacial score (nSPS) is 10.2. The lowest BCUT2D eigenvalue weighted by molar-refractivity contribution is 0.708. The van der Waals surface area contributed by atoms with Gasteiger partial charge < -0.3 is 10.2 Å². The second kappa shape index (κ2) is 5.60. The molecular formula is C11H19N3. The predicted octanol–water partition coefficient (Wildman–Crippen LogP) is 1.44. The standard InChI is InChI=1S/C11H19N3/c1-10-6-4-8-13-11(10)14(3)9-5-7-12-2/h4,6,8,12H,5,7,9H2,1-3H3. The number of nitrogens with one attached hydrogen (secondary N) is 1. The van der Waals surface area contributed by atoms with Crippen molar-refractivity contribution in [1.82, 2.24) is 10.3 Å². The molecule has 0 bridgehead atoms. The van der Waals surface area contributed by atoms with Gasteiger partial charge in [0.15, 0.2) is 0 Å². The van der Waals surface area contributed by atoms with E-state index < -0.39 is 0 Å². The van der Waals surface area contributed by atoms with Crippen LogP contribution in [0.1, 0.15) is 12.0 Å². The van der Waals surface area contributed by atoms with Crippen LogP contribution in [0.4, 0.5) is 5.82 Å². The van der Waals surface area contributed by atoms with Crippen molar-refractivity contribution in [3.63, 3.8) is 0 Å². The molecule has 0 aromatic carbocycles. The van der Waals surface area contributed by atoms with Gasteiger partial charge in [-0.05, 0) is 38.6 Å². The molecule has 0 radical (unpaired) electrons. The molecule has 14 heavy (non-hydrogen) atoms. The molecule has 0 aliphatic carbocycles. The van der Waals surface area contributed by atoms with Crippen molar-refractivity contribution in [1.29, 1.82) is 0 Å². The molecule has 0 aliphatic rings. The van der Waals surface area contributed by atoms with Crippen LogP contribution in [-0.4, -0.2) is 32.2 Å². The Morgan fingerprint density at radius 1 is 1.50 bits per heavy atom. The fraction of sp³-hybridized carbons (Fsp3) is 0.545. The minimum atomic E-state index is 1.04. The van der Waals surface area contributed by atoms with Crippen LogP contribution in [0, 0.1) is 6.92 Å². The molecule has 3 heteroatoms. The molecule has 1 aromatic heterocycles. The number of aryl methyl sites for hydroxylation is 1. The Bertz CT molecular complexity index is 273. The van der Waals surface area contributed by atoms with Crippen LogP contribution in [-0.2, 0) is 0 Å². The Balaban J connectivity index is 2.51. The Morgan fingerprint density at radius 3 is 2.93 bits per heavy atom. The maximum absolute atomic E-state index is 4.36. The summed E-state index contributed by atoms with van der Waals surface area (Å²) in [5.74, 6) is 1.09. The van der Waals surface area contributed by atoms with Gasteiger partial charge >= 0.3 is 0 Å². The molecule has 78 valence electrons. The van der Waals surface area contributed by atoms with E-state index in [9.17, 15) is 0 Å². The zero-order valence-corrected chi connectivity index (χ0v) is 9.25. The van der Waals surface area contributed by atoms with Gasteiger partial charge in [-0.15, -0.1) is 0 Å². The number of nitrogens with zero attached hydrogens (tertiary/aromatic N) is 2. The van der Waals surface area contributed by atoms with Gasteiger partial charge in [0.2, 0.25) is 0 Å². The summed E-state index contributed by atoms with van der Waals surface area (Å²) in [6.07, 6.45) is 2.99. The highest BCUT2D eigenvalue weighted by Gasteiger charge is 2.03. The van der Waals surface area contributed by atoms with Crippen molar-refractivity contribution in [2.45, 2.75) is 13.3 Å². The summed E-state index contributed by atoms with van der Waals surface area (Å²) in [6, 6.07) is 4.07. The summed E-state index contributed by atoms with van der Waals surface area (Å²) in [4.78, 5) is 6.56. The molecule has 3 nitrogen and oxygen atoms in total. The van der Waals surface area contributed by atoms with Crippen LogP contribution in [0.5, 0.6) is 0 Å². The molecule has 0 aliphatic heterocycles. The van der Waals surface area contributed by atoms with Crippen molar-refractivity contribution in [2.24, 2.45) is 0 Å². The van der Waals surface area contributed by atoms with Crippen molar-refractivity contribution in [2.75, 3.05) is 32.1 Å². The summed E-state index contributed by atoms with van der Waals surface area (Å²) < 4.78 is 0. The minimum absolute atomic E-state index is 1.04. The summed E-state index contributed by atoms with van der Waals surface area (Å²) in [6.45, 7) is 4.19. The lowest BCUT2D eigenvalue weighted by Gasteiger charge is -2.19. The highest BCUT2D eigenvalue weighted by molar-refractivity contribution is 5.44. The molecule has 1 N–H and O–H groups in total. The van der Waals surface area contributed by atoms with Crippen molar-refractivity contribution in [3.05, 3.63) is 23.9 Å². The number of hydrogen-bond acceptors (Lipinski definition) is 3. The first-order valence-corrected chi connectivity index (χ1v) is 5.03. The van der Waals surface area contributed by atoms with E-state index in [2.05, 4.69) is 35.2 Å². The maximum atomic E-state index is 4.36. The molecule has 1 heterocycles. The molecule has 0 unspecified atom stereocenters. The lowest BCUT2D eigenvalue weighted by atomic mass is 10.2. The highest BCUT2D eigenvalue weighted by Crippen LogP contribution is 2.13. The minimum Gasteiger partial charge on any atom is -0.359 e. The fourth-order valence-electron chi connectivity index (χ4n) is 1.48. The quantitative estimate of drug-likeness (QED) is 0.717. The van der Waals surface area contributed by atoms with Gasteiger partial charge in [0.25, 0.3) is 0 Å².